The fourth-order valence-electron chi connectivity index (χ4n) is 1.12. The second-order valence-electron chi connectivity index (χ2n) is 4.51. The van der Waals surface area contributed by atoms with Gasteiger partial charge in [0.1, 0.15) is 0 Å². The van der Waals surface area contributed by atoms with Crippen molar-refractivity contribution in [2.75, 3.05) is 13.1 Å². The predicted octanol–water partition coefficient (Wildman–Crippen LogP) is 0.942. The minimum atomic E-state index is -0.858. The van der Waals surface area contributed by atoms with E-state index in [4.69, 9.17) is 5.11 Å². The molecule has 0 rings (SSSR count). The Labute approximate surface area is 85.5 Å². The summed E-state index contributed by atoms with van der Waals surface area (Å²) in [4.78, 5) is 12.4. The minimum Gasteiger partial charge on any atom is -0.480 e. The lowest BCUT2D eigenvalue weighted by molar-refractivity contribution is -0.140. The zero-order chi connectivity index (χ0) is 11.4. The van der Waals surface area contributed by atoms with E-state index in [9.17, 15) is 9.90 Å². The van der Waals surface area contributed by atoms with E-state index in [1.165, 1.54) is 0 Å². The number of aliphatic hydroxyl groups is 1. The number of rotatable bonds is 5. The molecule has 0 bridgehead atoms. The lowest BCUT2D eigenvalue weighted by Gasteiger charge is -2.35. The highest BCUT2D eigenvalue weighted by Crippen LogP contribution is 2.13. The van der Waals surface area contributed by atoms with Gasteiger partial charge in [0, 0.05) is 12.1 Å². The van der Waals surface area contributed by atoms with Gasteiger partial charge in [0.25, 0.3) is 0 Å². The van der Waals surface area contributed by atoms with Crippen LogP contribution in [0.1, 0.15) is 34.1 Å². The van der Waals surface area contributed by atoms with Crippen molar-refractivity contribution < 1.29 is 15.0 Å². The van der Waals surface area contributed by atoms with Gasteiger partial charge in [-0.2, -0.15) is 0 Å². The van der Waals surface area contributed by atoms with Gasteiger partial charge in [-0.1, -0.05) is 6.92 Å². The molecule has 0 heterocycles. The topological polar surface area (TPSA) is 60.8 Å². The number of aliphatic hydroxyl groups excluding tert-OH is 1. The molecule has 4 nitrogen and oxygen atoms in total. The third-order valence-corrected chi connectivity index (χ3v) is 2.18. The van der Waals surface area contributed by atoms with Crippen LogP contribution in [-0.2, 0) is 4.79 Å². The highest BCUT2D eigenvalue weighted by atomic mass is 16.4. The van der Waals surface area contributed by atoms with E-state index in [0.29, 0.717) is 13.0 Å². The van der Waals surface area contributed by atoms with Crippen LogP contribution in [0, 0.1) is 0 Å². The maximum atomic E-state index is 10.6. The van der Waals surface area contributed by atoms with Crippen molar-refractivity contribution in [1.82, 2.24) is 4.90 Å². The Morgan fingerprint density at radius 3 is 2.21 bits per heavy atom. The number of hydrogen-bond donors (Lipinski definition) is 2. The standard InChI is InChI=1S/C10H21NO3/c1-5-8(12)6-11(7-9(13)14)10(2,3)4/h8,12H,5-7H2,1-4H3,(H,13,14). The van der Waals surface area contributed by atoms with E-state index in [0.717, 1.165) is 0 Å². The largest absolute Gasteiger partial charge is 0.480 e. The lowest BCUT2D eigenvalue weighted by Crippen LogP contribution is -2.47. The molecule has 0 amide bonds. The molecule has 1 atom stereocenters. The Morgan fingerprint density at radius 1 is 1.43 bits per heavy atom. The van der Waals surface area contributed by atoms with Crippen molar-refractivity contribution in [3.05, 3.63) is 0 Å². The van der Waals surface area contributed by atoms with Crippen LogP contribution in [-0.4, -0.2) is 45.8 Å². The van der Waals surface area contributed by atoms with Gasteiger partial charge in [-0.25, -0.2) is 0 Å². The third-order valence-electron chi connectivity index (χ3n) is 2.18. The molecule has 0 fully saturated rings. The number of aliphatic carboxylic acids is 1. The first kappa shape index (κ1) is 13.4. The van der Waals surface area contributed by atoms with Crippen LogP contribution < -0.4 is 0 Å². The van der Waals surface area contributed by atoms with Gasteiger partial charge >= 0.3 is 5.97 Å². The highest BCUT2D eigenvalue weighted by molar-refractivity contribution is 5.69. The van der Waals surface area contributed by atoms with Gasteiger partial charge in [-0.15, -0.1) is 0 Å². The third kappa shape index (κ3) is 5.19. The summed E-state index contributed by atoms with van der Waals surface area (Å²) < 4.78 is 0. The van der Waals surface area contributed by atoms with E-state index in [2.05, 4.69) is 0 Å². The van der Waals surface area contributed by atoms with Gasteiger partial charge in [-0.3, -0.25) is 9.69 Å². The molecule has 0 aliphatic carbocycles. The molecule has 1 unspecified atom stereocenters. The normalized spacial score (nSPS) is 14.4. The van der Waals surface area contributed by atoms with Gasteiger partial charge in [-0.05, 0) is 27.2 Å². The maximum Gasteiger partial charge on any atom is 0.317 e. The van der Waals surface area contributed by atoms with Gasteiger partial charge < -0.3 is 10.2 Å². The average molecular weight is 203 g/mol. The van der Waals surface area contributed by atoms with Gasteiger partial charge in [0.15, 0.2) is 0 Å². The SMILES string of the molecule is CCC(O)CN(CC(=O)O)C(C)(C)C. The average Bonchev–Trinajstić information content (AvgIpc) is 2.00. The summed E-state index contributed by atoms with van der Waals surface area (Å²) in [5.41, 5.74) is -0.228. The Bertz CT molecular complexity index is 186. The number of β-amino-alcohol motifs (C(OH)–C–C–N with tert-alkyl or cyclic N) is 1. The highest BCUT2D eigenvalue weighted by Gasteiger charge is 2.24. The van der Waals surface area contributed by atoms with Crippen LogP contribution in [0.5, 0.6) is 0 Å². The summed E-state index contributed by atoms with van der Waals surface area (Å²) >= 11 is 0. The van der Waals surface area contributed by atoms with E-state index >= 15 is 0 Å². The first-order valence-electron chi connectivity index (χ1n) is 4.92. The van der Waals surface area contributed by atoms with Crippen molar-refractivity contribution in [1.29, 1.82) is 0 Å². The fraction of sp³-hybridized carbons (Fsp3) is 0.900. The Hall–Kier alpha value is -0.610. The van der Waals surface area contributed by atoms with Crippen LogP contribution in [0.25, 0.3) is 0 Å². The molecular weight excluding hydrogens is 182 g/mol. The molecule has 0 saturated heterocycles. The molecule has 14 heavy (non-hydrogen) atoms. The van der Waals surface area contributed by atoms with Crippen molar-refractivity contribution in [2.45, 2.75) is 45.8 Å². The van der Waals surface area contributed by atoms with Crippen LogP contribution in [0.4, 0.5) is 0 Å². The fourth-order valence-corrected chi connectivity index (χ4v) is 1.12. The molecule has 0 aromatic rings. The van der Waals surface area contributed by atoms with Crippen molar-refractivity contribution in [2.24, 2.45) is 0 Å². The van der Waals surface area contributed by atoms with Crippen LogP contribution in [0.15, 0.2) is 0 Å². The molecular formula is C10H21NO3. The van der Waals surface area contributed by atoms with Crippen LogP contribution in [0.2, 0.25) is 0 Å². The molecule has 4 heteroatoms. The van der Waals surface area contributed by atoms with Crippen LogP contribution >= 0.6 is 0 Å². The van der Waals surface area contributed by atoms with Crippen LogP contribution in [0.3, 0.4) is 0 Å². The maximum absolute atomic E-state index is 10.6. The molecule has 84 valence electrons. The zero-order valence-corrected chi connectivity index (χ0v) is 9.45. The van der Waals surface area contributed by atoms with E-state index in [1.54, 1.807) is 4.90 Å². The summed E-state index contributed by atoms with van der Waals surface area (Å²) in [5, 5.41) is 18.2. The Balaban J connectivity index is 4.33. The first-order valence-corrected chi connectivity index (χ1v) is 4.92. The zero-order valence-electron chi connectivity index (χ0n) is 9.45. The molecule has 0 spiro atoms. The van der Waals surface area contributed by atoms with E-state index in [-0.39, 0.29) is 12.1 Å². The molecule has 0 aromatic heterocycles. The van der Waals surface area contributed by atoms with Crippen molar-refractivity contribution in [3.63, 3.8) is 0 Å². The number of carbonyl (C=O) groups is 1. The number of carboxylic acid groups (broad SMARTS) is 1. The quantitative estimate of drug-likeness (QED) is 0.698. The smallest absolute Gasteiger partial charge is 0.317 e. The van der Waals surface area contributed by atoms with E-state index < -0.39 is 12.1 Å². The monoisotopic (exact) mass is 203 g/mol. The summed E-state index contributed by atoms with van der Waals surface area (Å²) in [7, 11) is 0. The first-order chi connectivity index (χ1) is 6.27. The molecule has 0 radical (unpaired) electrons. The summed E-state index contributed by atoms with van der Waals surface area (Å²) in [6, 6.07) is 0. The molecule has 0 aliphatic rings. The predicted molar refractivity (Wildman–Crippen MR) is 55.3 cm³/mol. The van der Waals surface area contributed by atoms with Gasteiger partial charge in [0.2, 0.25) is 0 Å². The van der Waals surface area contributed by atoms with Crippen molar-refractivity contribution in [3.8, 4) is 0 Å². The molecule has 0 saturated carbocycles. The van der Waals surface area contributed by atoms with Gasteiger partial charge in [0.05, 0.1) is 12.6 Å². The summed E-state index contributed by atoms with van der Waals surface area (Å²) in [6.07, 6.45) is 0.195. The Kier molecular flexibility index (Phi) is 5.08. The number of hydrogen-bond acceptors (Lipinski definition) is 3. The molecule has 2 N–H and O–H groups in total. The van der Waals surface area contributed by atoms with E-state index in [1.807, 2.05) is 27.7 Å². The second-order valence-corrected chi connectivity index (χ2v) is 4.51. The lowest BCUT2D eigenvalue weighted by atomic mass is 10.0. The number of nitrogens with zero attached hydrogens (tertiary/aromatic N) is 1. The summed E-state index contributed by atoms with van der Waals surface area (Å²) in [5.74, 6) is -0.858. The second kappa shape index (κ2) is 5.32. The molecule has 0 aliphatic heterocycles. The minimum absolute atomic E-state index is 0.0272. The number of carboxylic acids is 1. The van der Waals surface area contributed by atoms with Crippen molar-refractivity contribution >= 4 is 5.97 Å². The Morgan fingerprint density at radius 2 is 1.93 bits per heavy atom. The summed E-state index contributed by atoms with van der Waals surface area (Å²) in [6.45, 7) is 8.09. The molecule has 0 aromatic carbocycles.